The van der Waals surface area contributed by atoms with Crippen LogP contribution in [0, 0.1) is 0 Å². The first kappa shape index (κ1) is 6.81. The molecule has 0 amide bonds. The summed E-state index contributed by atoms with van der Waals surface area (Å²) in [5, 5.41) is 6.90. The predicted molar refractivity (Wildman–Crippen MR) is 25.6 cm³/mol. The number of aromatic nitrogens is 3. The second-order valence-electron chi connectivity index (χ2n) is 0.794. The quantitative estimate of drug-likeness (QED) is 0.529. The van der Waals surface area contributed by atoms with Gasteiger partial charge in [-0.15, -0.1) is 5.10 Å². The van der Waals surface area contributed by atoms with Gasteiger partial charge in [-0.25, -0.2) is 4.98 Å². The molecular weight excluding hydrogens is 197 g/mol. The first-order valence-corrected chi connectivity index (χ1v) is 1.57. The zero-order valence-electron chi connectivity index (χ0n) is 3.57. The molecule has 1 heterocycles. The van der Waals surface area contributed by atoms with Crippen LogP contribution >= 0.6 is 0 Å². The van der Waals surface area contributed by atoms with Crippen molar-refractivity contribution in [3.63, 3.8) is 0 Å². The van der Waals surface area contributed by atoms with Crippen LogP contribution < -0.4 is 0 Å². The molecule has 7 heavy (non-hydrogen) atoms. The molecule has 1 aromatic heterocycles. The van der Waals surface area contributed by atoms with E-state index in [1.54, 1.807) is 6.20 Å². The van der Waals surface area contributed by atoms with Gasteiger partial charge in [0.05, 0.1) is 6.20 Å². The Kier molecular flexibility index (Phi) is 3.87. The summed E-state index contributed by atoms with van der Waals surface area (Å²) in [7, 11) is 0. The fourth-order valence-corrected chi connectivity index (χ4v) is 0.205. The summed E-state index contributed by atoms with van der Waals surface area (Å²) < 4.78 is 0. The Balaban J connectivity index is 0.000000360. The predicted octanol–water partition coefficient (Wildman–Crippen LogP) is -0.509. The average molecular weight is 200 g/mol. The Bertz CT molecular complexity index is 82.1. The maximum Gasteiger partial charge on any atom is 0.138 e. The summed E-state index contributed by atoms with van der Waals surface area (Å²) in [6.07, 6.45) is 4.49. The Hall–Kier alpha value is -0.191. The normalized spacial score (nSPS) is 6.86. The van der Waals surface area contributed by atoms with Crippen molar-refractivity contribution in [3.8, 4) is 0 Å². The molecule has 0 aromatic carbocycles. The van der Waals surface area contributed by atoms with Gasteiger partial charge < -0.3 is 0 Å². The molecule has 0 atom stereocenters. The van der Waals surface area contributed by atoms with E-state index in [-0.39, 0.29) is 23.9 Å². The Morgan fingerprint density at radius 1 is 1.00 bits per heavy atom. The van der Waals surface area contributed by atoms with Crippen molar-refractivity contribution in [2.75, 3.05) is 0 Å². The molecule has 0 aliphatic carbocycles. The third kappa shape index (κ3) is 2.50. The van der Waals surface area contributed by atoms with Crippen LogP contribution in [-0.2, 0) is 0 Å². The van der Waals surface area contributed by atoms with E-state index in [0.717, 1.165) is 0 Å². The van der Waals surface area contributed by atoms with Crippen LogP contribution in [0.25, 0.3) is 0 Å². The summed E-state index contributed by atoms with van der Waals surface area (Å²) in [5.41, 5.74) is 0. The molecule has 3 nitrogen and oxygen atoms in total. The van der Waals surface area contributed by atoms with Crippen molar-refractivity contribution >= 4 is 23.9 Å². The minimum atomic E-state index is 0. The molecule has 0 fully saturated rings. The van der Waals surface area contributed by atoms with Crippen LogP contribution in [-0.4, -0.2) is 39.1 Å². The number of rotatable bonds is 0. The van der Waals surface area contributed by atoms with Gasteiger partial charge in [0.15, 0.2) is 0 Å². The van der Waals surface area contributed by atoms with Crippen molar-refractivity contribution in [2.24, 2.45) is 0 Å². The molecule has 0 saturated heterocycles. The Labute approximate surface area is 58.1 Å². The van der Waals surface area contributed by atoms with Gasteiger partial charge in [-0.1, -0.05) is 0 Å². The van der Waals surface area contributed by atoms with Crippen molar-refractivity contribution in [1.29, 1.82) is 0 Å². The van der Waals surface area contributed by atoms with Crippen LogP contribution in [0.4, 0.5) is 0 Å². The smallest absolute Gasteiger partial charge is 0.138 e. The van der Waals surface area contributed by atoms with Gasteiger partial charge in [-0.2, -0.15) is 5.10 Å². The molecule has 0 saturated carbocycles. The van der Waals surface area contributed by atoms with E-state index < -0.39 is 0 Å². The third-order valence-corrected chi connectivity index (χ3v) is 0.404. The third-order valence-electron chi connectivity index (χ3n) is 0.404. The van der Waals surface area contributed by atoms with E-state index >= 15 is 0 Å². The first-order valence-electron chi connectivity index (χ1n) is 1.57. The molecule has 34 valence electrons. The van der Waals surface area contributed by atoms with Crippen LogP contribution in [0.5, 0.6) is 0 Å². The molecular formula is C3H3N3Sn. The summed E-state index contributed by atoms with van der Waals surface area (Å²) in [6.45, 7) is 0. The van der Waals surface area contributed by atoms with E-state index in [1.807, 2.05) is 0 Å². The topological polar surface area (TPSA) is 38.7 Å². The first-order chi connectivity index (χ1) is 3.00. The van der Waals surface area contributed by atoms with Gasteiger partial charge in [0.1, 0.15) is 6.33 Å². The minimum Gasteiger partial charge on any atom is -0.241 e. The van der Waals surface area contributed by atoms with E-state index in [9.17, 15) is 0 Å². The van der Waals surface area contributed by atoms with Crippen LogP contribution in [0.1, 0.15) is 0 Å². The fourth-order valence-electron chi connectivity index (χ4n) is 0.205. The maximum atomic E-state index is 3.61. The standard InChI is InChI=1S/C3H3N3.Sn/c1-2-5-6-3-4-1;/h1-3H;. The van der Waals surface area contributed by atoms with Crippen LogP contribution in [0.3, 0.4) is 0 Å². The van der Waals surface area contributed by atoms with Gasteiger partial charge in [0, 0.05) is 30.1 Å². The van der Waals surface area contributed by atoms with E-state index in [1.165, 1.54) is 12.5 Å². The molecule has 4 radical (unpaired) electrons. The molecule has 0 aliphatic rings. The fraction of sp³-hybridized carbons (Fsp3) is 0. The van der Waals surface area contributed by atoms with Gasteiger partial charge >= 0.3 is 0 Å². The largest absolute Gasteiger partial charge is 0.241 e. The molecule has 4 heteroatoms. The van der Waals surface area contributed by atoms with Crippen LogP contribution in [0.15, 0.2) is 18.7 Å². The Morgan fingerprint density at radius 3 is 2.00 bits per heavy atom. The molecule has 0 bridgehead atoms. The van der Waals surface area contributed by atoms with Crippen molar-refractivity contribution < 1.29 is 0 Å². The van der Waals surface area contributed by atoms with Gasteiger partial charge in [0.25, 0.3) is 0 Å². The number of hydrogen-bond donors (Lipinski definition) is 0. The molecule has 0 unspecified atom stereocenters. The van der Waals surface area contributed by atoms with Crippen molar-refractivity contribution in [2.45, 2.75) is 0 Å². The van der Waals surface area contributed by atoms with E-state index in [4.69, 9.17) is 0 Å². The number of hydrogen-bond acceptors (Lipinski definition) is 3. The molecule has 1 aromatic rings. The molecule has 0 N–H and O–H groups in total. The van der Waals surface area contributed by atoms with E-state index in [2.05, 4.69) is 15.2 Å². The molecule has 0 aliphatic heterocycles. The van der Waals surface area contributed by atoms with E-state index in [0.29, 0.717) is 0 Å². The minimum absolute atomic E-state index is 0. The van der Waals surface area contributed by atoms with Crippen LogP contribution in [0.2, 0.25) is 0 Å². The average Bonchev–Trinajstić information content (AvgIpc) is 1.72. The zero-order chi connectivity index (χ0) is 4.24. The maximum absolute atomic E-state index is 3.61. The summed E-state index contributed by atoms with van der Waals surface area (Å²) >= 11 is 0. The summed E-state index contributed by atoms with van der Waals surface area (Å²) in [6, 6.07) is 0. The summed E-state index contributed by atoms with van der Waals surface area (Å²) in [5.74, 6) is 0. The Morgan fingerprint density at radius 2 is 1.86 bits per heavy atom. The van der Waals surface area contributed by atoms with Gasteiger partial charge in [-0.05, 0) is 0 Å². The monoisotopic (exact) mass is 201 g/mol. The zero-order valence-corrected chi connectivity index (χ0v) is 6.43. The van der Waals surface area contributed by atoms with Crippen molar-refractivity contribution in [3.05, 3.63) is 18.7 Å². The SMILES string of the molecule is [Sn].c1cnncn1. The molecule has 1 rings (SSSR count). The second kappa shape index (κ2) is 3.98. The summed E-state index contributed by atoms with van der Waals surface area (Å²) in [4.78, 5) is 3.61. The number of nitrogens with zero attached hydrogens (tertiary/aromatic N) is 3. The van der Waals surface area contributed by atoms with Gasteiger partial charge in [-0.3, -0.25) is 0 Å². The van der Waals surface area contributed by atoms with Gasteiger partial charge in [0.2, 0.25) is 0 Å². The molecule has 0 spiro atoms. The second-order valence-corrected chi connectivity index (χ2v) is 0.794. The van der Waals surface area contributed by atoms with Crippen molar-refractivity contribution in [1.82, 2.24) is 15.2 Å².